The quantitative estimate of drug-likeness (QED) is 0.0577. The highest BCUT2D eigenvalue weighted by Crippen LogP contribution is 2.39. The van der Waals surface area contributed by atoms with Crippen LogP contribution in [-0.2, 0) is 23.7 Å². The predicted octanol–water partition coefficient (Wildman–Crippen LogP) is 5.07. The molecule has 274 valence electrons. The molecule has 0 radical (unpaired) electrons. The lowest BCUT2D eigenvalue weighted by atomic mass is 9.84. The molecule has 0 aliphatic rings. The summed E-state index contributed by atoms with van der Waals surface area (Å²) in [5.74, 6) is 1.35. The van der Waals surface area contributed by atoms with Crippen LogP contribution in [0.5, 0.6) is 11.5 Å². The zero-order valence-corrected chi connectivity index (χ0v) is 32.1. The number of nitrogen functional groups attached to an aromatic ring is 2. The lowest BCUT2D eigenvalue weighted by Crippen LogP contribution is -2.18. The number of carbonyl (C=O) groups excluding carboxylic acids is 2. The molecule has 0 aromatic heterocycles. The Labute approximate surface area is 306 Å². The number of ketones is 2. The van der Waals surface area contributed by atoms with E-state index in [9.17, 15) is 9.59 Å². The maximum Gasteiger partial charge on any atom is 0.171 e. The van der Waals surface area contributed by atoms with E-state index >= 15 is 0 Å². The van der Waals surface area contributed by atoms with Crippen LogP contribution < -0.4 is 43.9 Å². The van der Waals surface area contributed by atoms with Gasteiger partial charge in [-0.1, -0.05) is 53.7 Å². The number of thioether (sulfide) groups is 2. The number of nitrogens with two attached hydrogens (primary N) is 6. The molecule has 0 saturated heterocycles. The summed E-state index contributed by atoms with van der Waals surface area (Å²) in [5.41, 5.74) is 41.3. The lowest BCUT2D eigenvalue weighted by Gasteiger charge is -2.23. The Kier molecular flexibility index (Phi) is 15.1. The summed E-state index contributed by atoms with van der Waals surface area (Å²) >= 11 is 3.05. The molecule has 0 saturated carbocycles. The second-order valence-corrected chi connectivity index (χ2v) is 16.4. The van der Waals surface area contributed by atoms with Crippen molar-refractivity contribution in [1.29, 1.82) is 0 Å². The summed E-state index contributed by atoms with van der Waals surface area (Å²) in [7, 11) is 0. The molecular weight excluding hydrogens is 669 g/mol. The van der Waals surface area contributed by atoms with E-state index in [2.05, 4.69) is 41.5 Å². The van der Waals surface area contributed by atoms with Crippen molar-refractivity contribution in [2.45, 2.75) is 75.0 Å². The van der Waals surface area contributed by atoms with E-state index in [1.807, 2.05) is 24.3 Å². The molecule has 3 aromatic carbocycles. The average molecular weight is 725 g/mol. The Morgan fingerprint density at radius 1 is 0.580 bits per heavy atom. The zero-order chi connectivity index (χ0) is 37.2. The standard InChI is InChI=1S/C38H56N6O4S2/c1-37(2,3)25-15-23(35(29(43)19-25)49-13-9-41)17-31(45)27-21-28(34(48-12-8-40)22-33(27)47-11-7-39)32(46)18-24-16-26(38(4,5)6)20-30(44)36(24)50-14-10-42/h15-16,19-22H,7-14,17-18,39-44H2,1-6H3. The van der Waals surface area contributed by atoms with Gasteiger partial charge in [0.05, 0.1) is 11.1 Å². The first-order valence-corrected chi connectivity index (χ1v) is 18.9. The van der Waals surface area contributed by atoms with Crippen molar-refractivity contribution < 1.29 is 19.1 Å². The number of rotatable bonds is 18. The minimum atomic E-state index is -0.241. The number of carbonyl (C=O) groups is 2. The van der Waals surface area contributed by atoms with Gasteiger partial charge in [0.2, 0.25) is 0 Å². The molecule has 0 bridgehead atoms. The maximum atomic E-state index is 14.3. The Bertz CT molecular complexity index is 1530. The van der Waals surface area contributed by atoms with E-state index < -0.39 is 0 Å². The first-order valence-electron chi connectivity index (χ1n) is 17.0. The van der Waals surface area contributed by atoms with Crippen LogP contribution in [0.25, 0.3) is 0 Å². The van der Waals surface area contributed by atoms with Crippen LogP contribution in [0.3, 0.4) is 0 Å². The molecule has 0 heterocycles. The molecule has 0 atom stereocenters. The highest BCUT2D eigenvalue weighted by molar-refractivity contribution is 7.99. The Hall–Kier alpha value is -3.26. The second kappa shape index (κ2) is 18.3. The Morgan fingerprint density at radius 3 is 1.28 bits per heavy atom. The zero-order valence-electron chi connectivity index (χ0n) is 30.4. The molecule has 12 heteroatoms. The molecule has 0 spiro atoms. The van der Waals surface area contributed by atoms with Gasteiger partial charge in [-0.25, -0.2) is 0 Å². The summed E-state index contributed by atoms with van der Waals surface area (Å²) < 4.78 is 12.0. The molecule has 0 aliphatic heterocycles. The normalized spacial score (nSPS) is 11.9. The van der Waals surface area contributed by atoms with Gasteiger partial charge in [0.25, 0.3) is 0 Å². The first-order chi connectivity index (χ1) is 23.5. The van der Waals surface area contributed by atoms with Crippen molar-refractivity contribution >= 4 is 46.5 Å². The molecule has 0 amide bonds. The van der Waals surface area contributed by atoms with Gasteiger partial charge in [0.15, 0.2) is 11.6 Å². The van der Waals surface area contributed by atoms with Gasteiger partial charge >= 0.3 is 0 Å². The van der Waals surface area contributed by atoms with Crippen molar-refractivity contribution in [2.24, 2.45) is 22.9 Å². The highest BCUT2D eigenvalue weighted by Gasteiger charge is 2.26. The van der Waals surface area contributed by atoms with Gasteiger partial charge in [0, 0.05) is 77.8 Å². The Balaban J connectivity index is 2.19. The van der Waals surface area contributed by atoms with Crippen LogP contribution >= 0.6 is 23.5 Å². The summed E-state index contributed by atoms with van der Waals surface area (Å²) in [5, 5.41) is 0. The molecule has 3 rings (SSSR count). The SMILES string of the molecule is CC(C)(C)c1cc(N)c(SCCN)c(CC(=O)c2cc(C(=O)Cc3cc(C(C)(C)C)cc(N)c3SCCN)c(OCCN)cc2OCCN)c1. The van der Waals surface area contributed by atoms with Crippen LogP contribution in [0.15, 0.2) is 46.2 Å². The number of benzene rings is 3. The first kappa shape index (κ1) is 41.2. The van der Waals surface area contributed by atoms with Gasteiger partial charge in [-0.05, 0) is 51.3 Å². The molecule has 3 aromatic rings. The predicted molar refractivity (Wildman–Crippen MR) is 210 cm³/mol. The van der Waals surface area contributed by atoms with Crippen molar-refractivity contribution in [2.75, 3.05) is 62.4 Å². The van der Waals surface area contributed by atoms with Crippen molar-refractivity contribution in [3.63, 3.8) is 0 Å². The van der Waals surface area contributed by atoms with Crippen molar-refractivity contribution in [1.82, 2.24) is 0 Å². The molecule has 12 N–H and O–H groups in total. The van der Waals surface area contributed by atoms with Crippen LogP contribution in [0.1, 0.15) is 84.5 Å². The molecule has 0 aliphatic carbocycles. The summed E-state index contributed by atoms with van der Waals surface area (Å²) in [4.78, 5) is 30.3. The van der Waals surface area contributed by atoms with E-state index in [1.54, 1.807) is 12.1 Å². The third-order valence-corrected chi connectivity index (χ3v) is 10.4. The van der Waals surface area contributed by atoms with Crippen molar-refractivity contribution in [3.05, 3.63) is 69.8 Å². The molecule has 0 fully saturated rings. The third kappa shape index (κ3) is 10.9. The maximum absolute atomic E-state index is 14.3. The van der Waals surface area contributed by atoms with Gasteiger partial charge < -0.3 is 43.9 Å². The largest absolute Gasteiger partial charge is 0.491 e. The number of Topliss-reactive ketones (excluding diaryl/α,β-unsaturated/α-hetero) is 2. The van der Waals surface area contributed by atoms with Gasteiger partial charge in [0.1, 0.15) is 24.7 Å². The van der Waals surface area contributed by atoms with Crippen LogP contribution in [-0.4, -0.2) is 62.5 Å². The third-order valence-electron chi connectivity index (χ3n) is 7.99. The molecule has 10 nitrogen and oxygen atoms in total. The minimum Gasteiger partial charge on any atom is -0.491 e. The van der Waals surface area contributed by atoms with E-state index in [0.29, 0.717) is 36.0 Å². The number of hydrogen-bond acceptors (Lipinski definition) is 12. The second-order valence-electron chi connectivity index (χ2n) is 14.2. The van der Waals surface area contributed by atoms with E-state index in [-0.39, 0.29) is 84.2 Å². The van der Waals surface area contributed by atoms with E-state index in [4.69, 9.17) is 43.9 Å². The molecular formula is C38H56N6O4S2. The molecule has 50 heavy (non-hydrogen) atoms. The summed E-state index contributed by atoms with van der Waals surface area (Å²) in [6.45, 7) is 14.3. The smallest absolute Gasteiger partial charge is 0.171 e. The Morgan fingerprint density at radius 2 is 0.960 bits per heavy atom. The fourth-order valence-electron chi connectivity index (χ4n) is 5.34. The van der Waals surface area contributed by atoms with Crippen LogP contribution in [0.2, 0.25) is 0 Å². The van der Waals surface area contributed by atoms with Gasteiger partial charge in [-0.15, -0.1) is 23.5 Å². The van der Waals surface area contributed by atoms with E-state index in [1.165, 1.54) is 23.5 Å². The summed E-state index contributed by atoms with van der Waals surface area (Å²) in [6, 6.07) is 11.2. The lowest BCUT2D eigenvalue weighted by molar-refractivity contribution is 0.0988. The average Bonchev–Trinajstić information content (AvgIpc) is 3.04. The topological polar surface area (TPSA) is 209 Å². The fraction of sp³-hybridized carbons (Fsp3) is 0.474. The van der Waals surface area contributed by atoms with Crippen LogP contribution in [0, 0.1) is 0 Å². The van der Waals surface area contributed by atoms with Crippen molar-refractivity contribution in [3.8, 4) is 11.5 Å². The van der Waals surface area contributed by atoms with Gasteiger partial charge in [-0.2, -0.15) is 0 Å². The fourth-order valence-corrected chi connectivity index (χ4v) is 7.07. The summed E-state index contributed by atoms with van der Waals surface area (Å²) in [6.07, 6.45) is 0.0569. The monoisotopic (exact) mass is 724 g/mol. The number of hydrogen-bond donors (Lipinski definition) is 6. The highest BCUT2D eigenvalue weighted by atomic mass is 32.2. The number of ether oxygens (including phenoxy) is 2. The number of anilines is 2. The van der Waals surface area contributed by atoms with Crippen LogP contribution in [0.4, 0.5) is 11.4 Å². The molecule has 0 unspecified atom stereocenters. The minimum absolute atomic E-state index is 0.0285. The van der Waals surface area contributed by atoms with Gasteiger partial charge in [-0.3, -0.25) is 9.59 Å². The van der Waals surface area contributed by atoms with E-state index in [0.717, 1.165) is 32.0 Å².